The number of rotatable bonds is 0. The first-order valence-corrected chi connectivity index (χ1v) is 0.781. The van der Waals surface area contributed by atoms with Gasteiger partial charge in [-0.25, -0.2) is 0 Å². The van der Waals surface area contributed by atoms with E-state index in [1.165, 1.54) is 0 Å². The van der Waals surface area contributed by atoms with Crippen LogP contribution in [0.25, 0.3) is 0 Å². The third kappa shape index (κ3) is 105. The summed E-state index contributed by atoms with van der Waals surface area (Å²) < 4.78 is 0. The van der Waals surface area contributed by atoms with Gasteiger partial charge in [0, 0.05) is 19.5 Å². The average molecular weight is 159 g/mol. The molecule has 0 aliphatic heterocycles. The van der Waals surface area contributed by atoms with E-state index >= 15 is 0 Å². The number of carboxylic acids is 1. The molecule has 0 bridgehead atoms. The third-order valence-electron chi connectivity index (χ3n) is 0. The summed E-state index contributed by atoms with van der Waals surface area (Å²) in [4.78, 5) is 8.89. The van der Waals surface area contributed by atoms with Gasteiger partial charge in [0.05, 0.1) is 6.92 Å². The van der Waals surface area contributed by atoms with Crippen molar-refractivity contribution in [1.82, 2.24) is 0 Å². The standard InChI is InChI=1S/C2H3O2.Li.Mg.Zn.3H/c1-2(3)4;;;;;;/h1H2,(H,3,4);;;;;;. The number of carboxylic acid groups (broad SMARTS) is 1. The van der Waals surface area contributed by atoms with Crippen LogP contribution in [0.5, 0.6) is 0 Å². The molecule has 0 unspecified atom stereocenters. The Labute approximate surface area is 83.5 Å². The molecule has 0 aromatic heterocycles. The molecule has 31 valence electrons. The molecular formula is C2H6LiMgO2Zn. The van der Waals surface area contributed by atoms with Crippen LogP contribution in [-0.4, -0.2) is 53.0 Å². The number of aliphatic carboxylic acids is 1. The Morgan fingerprint density at radius 2 is 1.57 bits per heavy atom. The van der Waals surface area contributed by atoms with Gasteiger partial charge in [0.25, 0.3) is 0 Å². The molecule has 0 rings (SSSR count). The first kappa shape index (κ1) is 23.7. The fourth-order valence-electron chi connectivity index (χ4n) is 0. The average Bonchev–Trinajstić information content (AvgIpc) is 0.811. The molecule has 2 nitrogen and oxygen atoms in total. The van der Waals surface area contributed by atoms with E-state index in [-0.39, 0.29) is 61.4 Å². The van der Waals surface area contributed by atoms with Gasteiger partial charge in [0.15, 0.2) is 0 Å². The molecule has 0 aromatic rings. The molecular weight excluding hydrogens is 153 g/mol. The molecule has 1 radical (unpaired) electrons. The Hall–Kier alpha value is 1.46. The maximum absolute atomic E-state index is 8.89. The van der Waals surface area contributed by atoms with Crippen molar-refractivity contribution in [2.45, 2.75) is 0 Å². The van der Waals surface area contributed by atoms with E-state index in [0.717, 1.165) is 0 Å². The molecule has 0 spiro atoms. The number of hydrogen-bond donors (Lipinski definition) is 1. The molecule has 1 N–H and O–H groups in total. The van der Waals surface area contributed by atoms with Crippen molar-refractivity contribution >= 4 is 47.9 Å². The van der Waals surface area contributed by atoms with E-state index in [9.17, 15) is 0 Å². The summed E-state index contributed by atoms with van der Waals surface area (Å²) >= 11 is 0. The van der Waals surface area contributed by atoms with Gasteiger partial charge in [0.2, 0.25) is 0 Å². The summed E-state index contributed by atoms with van der Waals surface area (Å²) in [7, 11) is 0. The quantitative estimate of drug-likeness (QED) is 0.429. The normalized spacial score (nSPS) is 3.57. The molecule has 0 saturated heterocycles. The summed E-state index contributed by atoms with van der Waals surface area (Å²) in [6.07, 6.45) is 0. The second-order valence-electron chi connectivity index (χ2n) is 0.394. The van der Waals surface area contributed by atoms with E-state index in [2.05, 4.69) is 6.92 Å². The first-order chi connectivity index (χ1) is 1.73. The molecule has 0 amide bonds. The Bertz CT molecular complexity index is 38.7. The molecule has 0 heterocycles. The van der Waals surface area contributed by atoms with Gasteiger partial charge >= 0.3 is 47.9 Å². The topological polar surface area (TPSA) is 37.3 Å². The maximum Gasteiger partial charge on any atom is 0.316 e. The molecule has 7 heavy (non-hydrogen) atoms. The fourth-order valence-corrected chi connectivity index (χ4v) is 0. The largest absolute Gasteiger partial charge is 0.316 e. The predicted molar refractivity (Wildman–Crippen MR) is 28.7 cm³/mol. The van der Waals surface area contributed by atoms with Crippen LogP contribution in [0.15, 0.2) is 0 Å². The maximum atomic E-state index is 8.89. The molecule has 0 fully saturated rings. The minimum Gasteiger partial charge on any atom is 0 e. The summed E-state index contributed by atoms with van der Waals surface area (Å²) in [5.41, 5.74) is 0. The van der Waals surface area contributed by atoms with Crippen molar-refractivity contribution < 1.29 is 29.4 Å². The zero-order valence-electron chi connectivity index (χ0n) is 2.77. The summed E-state index contributed by atoms with van der Waals surface area (Å²) in [5, 5.41) is 7.31. The monoisotopic (exact) mass is 157 g/mol. The van der Waals surface area contributed by atoms with Gasteiger partial charge in [-0.2, -0.15) is 0 Å². The number of hydrogen-bond acceptors (Lipinski definition) is 1. The van der Waals surface area contributed by atoms with Crippen LogP contribution in [0.1, 0.15) is 0 Å². The Morgan fingerprint density at radius 3 is 1.57 bits per heavy atom. The molecule has 0 saturated carbocycles. The summed E-state index contributed by atoms with van der Waals surface area (Å²) in [5.74, 6) is -1.08. The van der Waals surface area contributed by atoms with Gasteiger partial charge in [-0.05, 0) is 0 Å². The van der Waals surface area contributed by atoms with Gasteiger partial charge < -0.3 is 5.11 Å². The van der Waals surface area contributed by atoms with Gasteiger partial charge in [-0.15, -0.1) is 0 Å². The summed E-state index contributed by atoms with van der Waals surface area (Å²) in [6, 6.07) is 0. The molecule has 5 heteroatoms. The van der Waals surface area contributed by atoms with Crippen LogP contribution in [0.4, 0.5) is 0 Å². The summed E-state index contributed by atoms with van der Waals surface area (Å²) in [6.45, 7) is 2.56. The Balaban J connectivity index is -0.0000000150. The van der Waals surface area contributed by atoms with Crippen molar-refractivity contribution in [3.63, 3.8) is 0 Å². The first-order valence-electron chi connectivity index (χ1n) is 0.781. The minimum atomic E-state index is -1.08. The SMILES string of the molecule is [CH2]C(=O)O.[LiH].[MgH2].[Zn]. The minimum absolute atomic E-state index is 0. The van der Waals surface area contributed by atoms with Crippen LogP contribution >= 0.6 is 0 Å². The number of carbonyl (C=O) groups is 1. The van der Waals surface area contributed by atoms with Gasteiger partial charge in [-0.3, -0.25) is 4.79 Å². The zero-order valence-corrected chi connectivity index (χ0v) is 5.74. The van der Waals surface area contributed by atoms with Crippen LogP contribution in [0.3, 0.4) is 0 Å². The van der Waals surface area contributed by atoms with E-state index in [4.69, 9.17) is 9.90 Å². The van der Waals surface area contributed by atoms with Crippen LogP contribution in [0, 0.1) is 6.92 Å². The second-order valence-corrected chi connectivity index (χ2v) is 0.394. The third-order valence-corrected chi connectivity index (χ3v) is 0. The smallest absolute Gasteiger partial charge is 0 e. The van der Waals surface area contributed by atoms with Crippen LogP contribution < -0.4 is 0 Å². The van der Waals surface area contributed by atoms with Crippen molar-refractivity contribution in [3.05, 3.63) is 6.92 Å². The van der Waals surface area contributed by atoms with E-state index in [0.29, 0.717) is 0 Å². The Morgan fingerprint density at radius 1 is 1.57 bits per heavy atom. The second kappa shape index (κ2) is 15.7. The molecule has 0 aromatic carbocycles. The van der Waals surface area contributed by atoms with Gasteiger partial charge in [-0.1, -0.05) is 0 Å². The van der Waals surface area contributed by atoms with Gasteiger partial charge in [0.1, 0.15) is 0 Å². The van der Waals surface area contributed by atoms with E-state index < -0.39 is 5.97 Å². The van der Waals surface area contributed by atoms with E-state index in [1.807, 2.05) is 0 Å². The molecule has 0 aliphatic rings. The van der Waals surface area contributed by atoms with Crippen LogP contribution in [0.2, 0.25) is 0 Å². The van der Waals surface area contributed by atoms with Crippen molar-refractivity contribution in [2.75, 3.05) is 0 Å². The molecule has 0 atom stereocenters. The van der Waals surface area contributed by atoms with Crippen molar-refractivity contribution in [2.24, 2.45) is 0 Å². The predicted octanol–water partition coefficient (Wildman–Crippen LogP) is -1.66. The van der Waals surface area contributed by atoms with E-state index in [1.54, 1.807) is 0 Å². The zero-order chi connectivity index (χ0) is 3.58. The van der Waals surface area contributed by atoms with Crippen molar-refractivity contribution in [1.29, 1.82) is 0 Å². The van der Waals surface area contributed by atoms with Crippen molar-refractivity contribution in [3.8, 4) is 0 Å². The molecule has 0 aliphatic carbocycles. The fraction of sp³-hybridized carbons (Fsp3) is 0. The van der Waals surface area contributed by atoms with Crippen LogP contribution in [-0.2, 0) is 24.3 Å². The Kier molecular flexibility index (Phi) is 52.9.